The smallest absolute Gasteiger partial charge is 0.159 e. The van der Waals surface area contributed by atoms with Crippen LogP contribution in [0.4, 0.5) is 28.4 Å². The lowest BCUT2D eigenvalue weighted by molar-refractivity contribution is 0.388. The van der Waals surface area contributed by atoms with Crippen LogP contribution in [0, 0.1) is 27.7 Å². The first-order chi connectivity index (χ1) is 34.7. The van der Waals surface area contributed by atoms with Crippen molar-refractivity contribution in [3.63, 3.8) is 0 Å². The van der Waals surface area contributed by atoms with Gasteiger partial charge in [-0.3, -0.25) is 0 Å². The number of benzene rings is 9. The Bertz CT molecular complexity index is 3800. The Labute approximate surface area is 425 Å². The van der Waals surface area contributed by atoms with Gasteiger partial charge < -0.3 is 19.0 Å². The summed E-state index contributed by atoms with van der Waals surface area (Å²) >= 11 is 0. The molecule has 0 N–H and O–H groups in total. The number of nitrogens with zero attached hydrogens (tertiary/aromatic N) is 2. The molecule has 72 heavy (non-hydrogen) atoms. The highest BCUT2D eigenvalue weighted by Gasteiger charge is 2.30. The second-order valence-electron chi connectivity index (χ2n) is 21.6. The van der Waals surface area contributed by atoms with Crippen molar-refractivity contribution in [1.29, 1.82) is 0 Å². The zero-order valence-corrected chi connectivity index (χ0v) is 43.9. The first-order valence-corrected chi connectivity index (χ1v) is 25.9. The molecule has 0 spiro atoms. The number of furan rings is 1. The Hall–Kier alpha value is -7.56. The Morgan fingerprint density at radius 3 is 1.71 bits per heavy atom. The van der Waals surface area contributed by atoms with Crippen LogP contribution in [0.25, 0.3) is 59.8 Å². The predicted octanol–water partition coefficient (Wildman–Crippen LogP) is 19.3. The normalized spacial score (nSPS) is 14.3. The van der Waals surface area contributed by atoms with E-state index < -0.39 is 0 Å². The molecule has 0 fully saturated rings. The fraction of sp³-hybridized carbons (Fsp3) is 0.235. The quantitative estimate of drug-likeness (QED) is 0.114. The number of ether oxygens (including phenoxy) is 1. The number of para-hydroxylation sites is 3. The molecule has 10 aromatic rings. The van der Waals surface area contributed by atoms with Crippen molar-refractivity contribution in [1.82, 2.24) is 0 Å². The van der Waals surface area contributed by atoms with Crippen molar-refractivity contribution in [2.24, 2.45) is 0 Å². The van der Waals surface area contributed by atoms with Crippen LogP contribution < -0.4 is 14.5 Å². The number of fused-ring (bicyclic) bond motifs is 3. The Kier molecular flexibility index (Phi) is 11.7. The highest BCUT2D eigenvalue weighted by molar-refractivity contribution is 6.28. The van der Waals surface area contributed by atoms with Crippen LogP contribution in [-0.2, 0) is 10.8 Å². The third-order valence-electron chi connectivity index (χ3n) is 15.9. The Morgan fingerprint density at radius 1 is 0.528 bits per heavy atom. The summed E-state index contributed by atoms with van der Waals surface area (Å²) in [6.07, 6.45) is 13.4. The number of rotatable bonds is 12. The van der Waals surface area contributed by atoms with Crippen LogP contribution in [0.3, 0.4) is 0 Å². The van der Waals surface area contributed by atoms with E-state index in [9.17, 15) is 0 Å². The number of anilines is 5. The standard InChI is InChI=1S/C68H66N2O2/c1-12-67(7,8)57-24-16-21-52(64(57)71-11)48-19-14-15-20-49(41-48)69(50-37-42(3)35-43(4)38-50)59-33-29-46-28-32-56-60(34-30-47-27-31-55(59)62(46)63(47)56)70(51-39-44(5)36-45(6)40-51)61-26-18-23-54-53-22-17-25-58(68(9,10)13-2)65(53)72-66(54)61/h14-41,49H,12-13H2,1-11H3. The first-order valence-electron chi connectivity index (χ1n) is 25.9. The van der Waals surface area contributed by atoms with E-state index in [0.29, 0.717) is 0 Å². The zero-order chi connectivity index (χ0) is 50.2. The van der Waals surface area contributed by atoms with E-state index >= 15 is 0 Å². The molecule has 1 aliphatic rings. The lowest BCUT2D eigenvalue weighted by Crippen LogP contribution is -2.28. The molecule has 1 aliphatic carbocycles. The molecule has 1 unspecified atom stereocenters. The van der Waals surface area contributed by atoms with Crippen molar-refractivity contribution in [3.05, 3.63) is 209 Å². The minimum atomic E-state index is -0.134. The molecule has 1 aromatic heterocycles. The molecule has 360 valence electrons. The topological polar surface area (TPSA) is 28.9 Å². The number of methoxy groups -OCH3 is 1. The highest BCUT2D eigenvalue weighted by atomic mass is 16.5. The summed E-state index contributed by atoms with van der Waals surface area (Å²) in [6.45, 7) is 22.6. The summed E-state index contributed by atoms with van der Waals surface area (Å²) < 4.78 is 13.5. The van der Waals surface area contributed by atoms with Gasteiger partial charge in [0.05, 0.1) is 24.5 Å². The molecule has 11 rings (SSSR count). The molecule has 0 aliphatic heterocycles. The number of aryl methyl sites for hydroxylation is 4. The minimum absolute atomic E-state index is 0.0484. The lowest BCUT2D eigenvalue weighted by Gasteiger charge is -2.33. The third-order valence-corrected chi connectivity index (χ3v) is 15.9. The van der Waals surface area contributed by atoms with Crippen LogP contribution in [0.2, 0.25) is 0 Å². The molecule has 4 heteroatoms. The molecule has 0 bridgehead atoms. The maximum Gasteiger partial charge on any atom is 0.159 e. The van der Waals surface area contributed by atoms with Gasteiger partial charge in [0.15, 0.2) is 5.58 Å². The van der Waals surface area contributed by atoms with Crippen molar-refractivity contribution in [2.45, 2.75) is 99.0 Å². The van der Waals surface area contributed by atoms with E-state index in [0.717, 1.165) is 80.1 Å². The maximum atomic E-state index is 7.19. The SMILES string of the molecule is CCC(C)(C)c1cccc(C2=CC(N(c3cc(C)cc(C)c3)c3ccc4ccc5c(N(c6cc(C)cc(C)c6)c6cccc7c6oc6c(C(C)(C)CC)cccc67)ccc6ccc3c4c65)C=CC=C2)c1OC. The van der Waals surface area contributed by atoms with Crippen LogP contribution in [-0.4, -0.2) is 13.2 Å². The number of allylic oxidation sites excluding steroid dienone is 4. The van der Waals surface area contributed by atoms with Crippen LogP contribution in [0.15, 0.2) is 174 Å². The molecule has 0 saturated heterocycles. The molecule has 1 heterocycles. The van der Waals surface area contributed by atoms with Crippen LogP contribution in [0.1, 0.15) is 93.3 Å². The number of hydrogen-bond donors (Lipinski definition) is 0. The van der Waals surface area contributed by atoms with Gasteiger partial charge in [-0.1, -0.05) is 163 Å². The molecule has 0 amide bonds. The van der Waals surface area contributed by atoms with Gasteiger partial charge in [0.25, 0.3) is 0 Å². The second-order valence-corrected chi connectivity index (χ2v) is 21.6. The van der Waals surface area contributed by atoms with E-state index in [1.54, 1.807) is 0 Å². The summed E-state index contributed by atoms with van der Waals surface area (Å²) in [6, 6.07) is 52.2. The summed E-state index contributed by atoms with van der Waals surface area (Å²) in [5, 5.41) is 9.58. The van der Waals surface area contributed by atoms with Gasteiger partial charge in [-0.2, -0.15) is 0 Å². The average molecular weight is 943 g/mol. The van der Waals surface area contributed by atoms with E-state index in [4.69, 9.17) is 9.15 Å². The first kappa shape index (κ1) is 46.8. The van der Waals surface area contributed by atoms with Gasteiger partial charge in [-0.15, -0.1) is 0 Å². The van der Waals surface area contributed by atoms with Gasteiger partial charge in [0, 0.05) is 55.3 Å². The molecule has 0 radical (unpaired) electrons. The summed E-state index contributed by atoms with van der Waals surface area (Å²) in [7, 11) is 1.81. The third kappa shape index (κ3) is 7.84. The fourth-order valence-electron chi connectivity index (χ4n) is 11.6. The largest absolute Gasteiger partial charge is 0.496 e. The van der Waals surface area contributed by atoms with Gasteiger partial charge in [0.1, 0.15) is 11.3 Å². The molecule has 9 aromatic carbocycles. The molecular weight excluding hydrogens is 877 g/mol. The summed E-state index contributed by atoms with van der Waals surface area (Å²) in [4.78, 5) is 4.99. The monoisotopic (exact) mass is 943 g/mol. The van der Waals surface area contributed by atoms with Crippen LogP contribution >= 0.6 is 0 Å². The van der Waals surface area contributed by atoms with Gasteiger partial charge in [-0.05, 0) is 149 Å². The molecule has 1 atom stereocenters. The maximum absolute atomic E-state index is 7.19. The fourth-order valence-corrected chi connectivity index (χ4v) is 11.6. The van der Waals surface area contributed by atoms with E-state index in [1.807, 2.05) is 7.11 Å². The number of hydrogen-bond acceptors (Lipinski definition) is 4. The van der Waals surface area contributed by atoms with Crippen LogP contribution in [0.5, 0.6) is 5.75 Å². The molecule has 0 saturated carbocycles. The molecule has 4 nitrogen and oxygen atoms in total. The van der Waals surface area contributed by atoms with Gasteiger partial charge >= 0.3 is 0 Å². The van der Waals surface area contributed by atoms with Crippen molar-refractivity contribution >= 4 is 88.3 Å². The summed E-state index contributed by atoms with van der Waals surface area (Å²) in [5.74, 6) is 0.939. The lowest BCUT2D eigenvalue weighted by atomic mass is 9.80. The van der Waals surface area contributed by atoms with Gasteiger partial charge in [-0.25, -0.2) is 0 Å². The highest BCUT2D eigenvalue weighted by Crippen LogP contribution is 2.50. The Balaban J connectivity index is 1.15. The predicted molar refractivity (Wildman–Crippen MR) is 309 cm³/mol. The van der Waals surface area contributed by atoms with E-state index in [1.165, 1.54) is 65.7 Å². The van der Waals surface area contributed by atoms with Gasteiger partial charge in [0.2, 0.25) is 0 Å². The van der Waals surface area contributed by atoms with Crippen molar-refractivity contribution in [3.8, 4) is 5.75 Å². The zero-order valence-electron chi connectivity index (χ0n) is 43.9. The minimum Gasteiger partial charge on any atom is -0.496 e. The van der Waals surface area contributed by atoms with Crippen molar-refractivity contribution < 1.29 is 9.15 Å². The summed E-state index contributed by atoms with van der Waals surface area (Å²) in [5.41, 5.74) is 16.8. The average Bonchev–Trinajstić information content (AvgIpc) is 3.59. The Morgan fingerprint density at radius 2 is 1.07 bits per heavy atom. The van der Waals surface area contributed by atoms with Crippen molar-refractivity contribution in [2.75, 3.05) is 16.9 Å². The van der Waals surface area contributed by atoms with E-state index in [2.05, 4.69) is 249 Å². The second kappa shape index (κ2) is 17.9. The van der Waals surface area contributed by atoms with E-state index in [-0.39, 0.29) is 16.9 Å². The molecular formula is C68H66N2O2.